The van der Waals surface area contributed by atoms with Crippen molar-refractivity contribution in [3.8, 4) is 17.2 Å². The van der Waals surface area contributed by atoms with E-state index < -0.39 is 28.5 Å². The van der Waals surface area contributed by atoms with E-state index in [1.54, 1.807) is 48.5 Å². The van der Waals surface area contributed by atoms with Gasteiger partial charge < -0.3 is 13.9 Å². The van der Waals surface area contributed by atoms with Crippen LogP contribution in [0.4, 0.5) is 11.7 Å². The molecule has 11 nitrogen and oxygen atoms in total. The number of methoxy groups -OCH3 is 1. The fraction of sp³-hybridized carbons (Fsp3) is 0.0833. The van der Waals surface area contributed by atoms with E-state index in [2.05, 4.69) is 20.2 Å². The van der Waals surface area contributed by atoms with Crippen LogP contribution in [0.25, 0.3) is 11.5 Å². The van der Waals surface area contributed by atoms with Crippen LogP contribution in [0.5, 0.6) is 5.75 Å². The van der Waals surface area contributed by atoms with Gasteiger partial charge >= 0.3 is 12.0 Å². The zero-order chi connectivity index (χ0) is 25.5. The van der Waals surface area contributed by atoms with Crippen LogP contribution in [0.2, 0.25) is 0 Å². The summed E-state index contributed by atoms with van der Waals surface area (Å²) in [7, 11) is -2.49. The molecule has 0 bridgehead atoms. The number of rotatable bonds is 9. The van der Waals surface area contributed by atoms with Crippen LogP contribution in [-0.4, -0.2) is 44.2 Å². The molecule has 184 valence electrons. The van der Waals surface area contributed by atoms with E-state index in [9.17, 15) is 18.0 Å². The number of nitrogens with zero attached hydrogens (tertiary/aromatic N) is 2. The number of nitrogens with one attached hydrogen (secondary N) is 2. The topological polar surface area (TPSA) is 150 Å². The van der Waals surface area contributed by atoms with Crippen molar-refractivity contribution < 1.29 is 31.9 Å². The lowest BCUT2D eigenvalue weighted by Gasteiger charge is -2.10. The monoisotopic (exact) mass is 508 g/mol. The third-order valence-corrected chi connectivity index (χ3v) is 6.13. The smallest absolute Gasteiger partial charge is 0.338 e. The Kier molecular flexibility index (Phi) is 7.25. The van der Waals surface area contributed by atoms with E-state index in [4.69, 9.17) is 13.9 Å². The van der Waals surface area contributed by atoms with E-state index in [0.29, 0.717) is 17.0 Å². The largest absolute Gasteiger partial charge is 0.497 e. The van der Waals surface area contributed by atoms with Gasteiger partial charge in [0.1, 0.15) is 5.75 Å². The molecule has 0 aliphatic carbocycles. The summed E-state index contributed by atoms with van der Waals surface area (Å²) in [5.74, 6) is -0.815. The van der Waals surface area contributed by atoms with Crippen LogP contribution in [0.1, 0.15) is 10.4 Å². The second kappa shape index (κ2) is 10.7. The Morgan fingerprint density at radius 1 is 0.944 bits per heavy atom. The summed E-state index contributed by atoms with van der Waals surface area (Å²) in [6.45, 7) is -0.650. The lowest BCUT2D eigenvalue weighted by atomic mass is 10.2. The highest BCUT2D eigenvalue weighted by atomic mass is 32.2. The van der Waals surface area contributed by atoms with Gasteiger partial charge in [-0.2, -0.15) is 0 Å². The fourth-order valence-corrected chi connectivity index (χ4v) is 4.11. The van der Waals surface area contributed by atoms with Gasteiger partial charge in [0.25, 0.3) is 15.9 Å². The summed E-state index contributed by atoms with van der Waals surface area (Å²) in [5.41, 5.74) is 0.940. The standard InChI is InChI=1S/C24H20N4O7S/c1-33-19-12-10-18(11-13-19)28-36(31,32)20-9-5-8-17(14-20)23(30)34-15-21(29)25-24-27-26-22(35-24)16-6-3-2-4-7-16/h2-14,28H,15H2,1H3,(H,25,27,29). The number of sulfonamides is 1. The van der Waals surface area contributed by atoms with Gasteiger partial charge in [0.2, 0.25) is 5.89 Å². The zero-order valence-electron chi connectivity index (χ0n) is 18.9. The Bertz CT molecular complexity index is 1470. The van der Waals surface area contributed by atoms with Crippen LogP contribution in [0.3, 0.4) is 0 Å². The highest BCUT2D eigenvalue weighted by molar-refractivity contribution is 7.92. The minimum atomic E-state index is -3.99. The summed E-state index contributed by atoms with van der Waals surface area (Å²) >= 11 is 0. The van der Waals surface area contributed by atoms with Gasteiger partial charge in [-0.05, 0) is 54.6 Å². The molecular weight excluding hydrogens is 488 g/mol. The first-order valence-corrected chi connectivity index (χ1v) is 12.0. The summed E-state index contributed by atoms with van der Waals surface area (Å²) < 4.78 is 43.3. The predicted molar refractivity (Wildman–Crippen MR) is 129 cm³/mol. The number of benzene rings is 3. The number of hydrogen-bond donors (Lipinski definition) is 2. The molecule has 0 atom stereocenters. The van der Waals surface area contributed by atoms with E-state index in [1.807, 2.05) is 6.07 Å². The molecular formula is C24H20N4O7S. The Morgan fingerprint density at radius 3 is 2.42 bits per heavy atom. The third kappa shape index (κ3) is 6.04. The Balaban J connectivity index is 1.35. The number of ether oxygens (including phenoxy) is 2. The summed E-state index contributed by atoms with van der Waals surface area (Å²) in [5, 5.41) is 9.91. The number of esters is 1. The van der Waals surface area contributed by atoms with E-state index in [-0.39, 0.29) is 22.4 Å². The minimum Gasteiger partial charge on any atom is -0.497 e. The fourth-order valence-electron chi connectivity index (χ4n) is 3.00. The molecule has 4 rings (SSSR count). The molecule has 2 N–H and O–H groups in total. The van der Waals surface area contributed by atoms with E-state index in [1.165, 1.54) is 25.3 Å². The predicted octanol–water partition coefficient (Wildman–Crippen LogP) is 3.34. The highest BCUT2D eigenvalue weighted by Crippen LogP contribution is 2.21. The van der Waals surface area contributed by atoms with Crippen LogP contribution < -0.4 is 14.8 Å². The van der Waals surface area contributed by atoms with Crippen molar-refractivity contribution >= 4 is 33.6 Å². The summed E-state index contributed by atoms with van der Waals surface area (Å²) in [6, 6.07) is 20.3. The average molecular weight is 509 g/mol. The summed E-state index contributed by atoms with van der Waals surface area (Å²) in [6.07, 6.45) is 0. The van der Waals surface area contributed by atoms with Crippen LogP contribution in [0, 0.1) is 0 Å². The molecule has 36 heavy (non-hydrogen) atoms. The van der Waals surface area contributed by atoms with Crippen molar-refractivity contribution in [3.63, 3.8) is 0 Å². The van der Waals surface area contributed by atoms with Crippen LogP contribution >= 0.6 is 0 Å². The lowest BCUT2D eigenvalue weighted by molar-refractivity contribution is -0.119. The van der Waals surface area contributed by atoms with Crippen molar-refractivity contribution in [2.24, 2.45) is 0 Å². The molecule has 12 heteroatoms. The molecule has 0 saturated heterocycles. The molecule has 1 heterocycles. The van der Waals surface area contributed by atoms with Gasteiger partial charge in [-0.25, -0.2) is 13.2 Å². The molecule has 0 saturated carbocycles. The molecule has 1 aromatic heterocycles. The normalized spacial score (nSPS) is 10.9. The van der Waals surface area contributed by atoms with Crippen molar-refractivity contribution in [2.75, 3.05) is 23.8 Å². The minimum absolute atomic E-state index is 0.0513. The molecule has 0 radical (unpaired) electrons. The molecule has 4 aromatic rings. The number of anilines is 2. The lowest BCUT2D eigenvalue weighted by Crippen LogP contribution is -2.21. The first-order chi connectivity index (χ1) is 17.3. The number of carbonyl (C=O) groups excluding carboxylic acids is 2. The molecule has 0 aliphatic heterocycles. The van der Waals surface area contributed by atoms with Crippen LogP contribution in [0.15, 0.2) is 88.2 Å². The maximum atomic E-state index is 12.7. The third-order valence-electron chi connectivity index (χ3n) is 4.75. The molecule has 3 aromatic carbocycles. The van der Waals surface area contributed by atoms with Gasteiger partial charge in [0.15, 0.2) is 6.61 Å². The molecule has 1 amide bonds. The maximum Gasteiger partial charge on any atom is 0.338 e. The molecule has 0 spiro atoms. The second-order valence-electron chi connectivity index (χ2n) is 7.26. The number of carbonyl (C=O) groups is 2. The first kappa shape index (κ1) is 24.4. The highest BCUT2D eigenvalue weighted by Gasteiger charge is 2.18. The van der Waals surface area contributed by atoms with E-state index in [0.717, 1.165) is 6.07 Å². The van der Waals surface area contributed by atoms with Crippen molar-refractivity contribution in [1.82, 2.24) is 10.2 Å². The Labute approximate surface area is 206 Å². The number of amides is 1. The zero-order valence-corrected chi connectivity index (χ0v) is 19.7. The van der Waals surface area contributed by atoms with Crippen LogP contribution in [-0.2, 0) is 19.6 Å². The first-order valence-electron chi connectivity index (χ1n) is 10.5. The second-order valence-corrected chi connectivity index (χ2v) is 8.95. The van der Waals surface area contributed by atoms with Gasteiger partial charge in [0, 0.05) is 11.3 Å². The van der Waals surface area contributed by atoms with Gasteiger partial charge in [0.05, 0.1) is 17.6 Å². The van der Waals surface area contributed by atoms with Crippen molar-refractivity contribution in [1.29, 1.82) is 0 Å². The summed E-state index contributed by atoms with van der Waals surface area (Å²) in [4.78, 5) is 24.4. The quantitative estimate of drug-likeness (QED) is 0.325. The van der Waals surface area contributed by atoms with Crippen molar-refractivity contribution in [3.05, 3.63) is 84.4 Å². The Morgan fingerprint density at radius 2 is 1.69 bits per heavy atom. The van der Waals surface area contributed by atoms with Crippen molar-refractivity contribution in [2.45, 2.75) is 4.90 Å². The average Bonchev–Trinajstić information content (AvgIpc) is 3.36. The van der Waals surface area contributed by atoms with E-state index >= 15 is 0 Å². The number of aromatic nitrogens is 2. The van der Waals surface area contributed by atoms with Gasteiger partial charge in [-0.15, -0.1) is 5.10 Å². The Hall–Kier alpha value is -4.71. The molecule has 0 aliphatic rings. The van der Waals surface area contributed by atoms with Gasteiger partial charge in [-0.1, -0.05) is 29.4 Å². The number of hydrogen-bond acceptors (Lipinski definition) is 9. The SMILES string of the molecule is COc1ccc(NS(=O)(=O)c2cccc(C(=O)OCC(=O)Nc3nnc(-c4ccccc4)o3)c2)cc1. The maximum absolute atomic E-state index is 12.7. The molecule has 0 fully saturated rings. The molecule has 0 unspecified atom stereocenters. The van der Waals surface area contributed by atoms with Gasteiger partial charge in [-0.3, -0.25) is 14.8 Å².